The molecule has 102 valence electrons. The van der Waals surface area contributed by atoms with Gasteiger partial charge in [0.15, 0.2) is 0 Å². The van der Waals surface area contributed by atoms with Crippen LogP contribution in [0.15, 0.2) is 18.2 Å². The van der Waals surface area contributed by atoms with Gasteiger partial charge in [0.1, 0.15) is 10.8 Å². The van der Waals surface area contributed by atoms with Crippen molar-refractivity contribution >= 4 is 28.8 Å². The summed E-state index contributed by atoms with van der Waals surface area (Å²) in [4.78, 5) is 12.3. The molecular weight excluding hydrogens is 263 g/mol. The maximum atomic E-state index is 13.9. The van der Waals surface area contributed by atoms with Crippen LogP contribution in [0.3, 0.4) is 0 Å². The topological polar surface area (TPSA) is 55.1 Å². The Morgan fingerprint density at radius 3 is 2.58 bits per heavy atom. The van der Waals surface area contributed by atoms with Gasteiger partial charge in [-0.1, -0.05) is 32.0 Å². The van der Waals surface area contributed by atoms with E-state index in [4.69, 9.17) is 18.0 Å². The summed E-state index contributed by atoms with van der Waals surface area (Å²) >= 11 is 4.78. The average Bonchev–Trinajstić information content (AvgIpc) is 2.80. The number of nitrogens with two attached hydrogens (primary N) is 1. The standard InChI is InChI=1S/C14H17FN2OS/c1-14(6-2-3-7-14)13(18)17-11-5-4-9(12(16)19)8-10(11)15/h4-5,8H,2-3,6-7H2,1H3,(H2,16,19)(H,17,18). The van der Waals surface area contributed by atoms with E-state index in [9.17, 15) is 9.18 Å². The lowest BCUT2D eigenvalue weighted by molar-refractivity contribution is -0.124. The molecular formula is C14H17FN2OS. The molecule has 2 rings (SSSR count). The van der Waals surface area contributed by atoms with E-state index in [0.717, 1.165) is 25.7 Å². The maximum Gasteiger partial charge on any atom is 0.230 e. The normalized spacial score (nSPS) is 17.2. The van der Waals surface area contributed by atoms with Crippen molar-refractivity contribution in [1.29, 1.82) is 0 Å². The predicted octanol–water partition coefficient (Wildman–Crippen LogP) is 2.98. The van der Waals surface area contributed by atoms with Crippen molar-refractivity contribution in [2.45, 2.75) is 32.6 Å². The van der Waals surface area contributed by atoms with Crippen LogP contribution in [0.5, 0.6) is 0 Å². The molecule has 0 radical (unpaired) electrons. The molecule has 0 heterocycles. The van der Waals surface area contributed by atoms with Crippen molar-refractivity contribution in [2.75, 3.05) is 5.32 Å². The van der Waals surface area contributed by atoms with Crippen LogP contribution in [-0.2, 0) is 4.79 Å². The van der Waals surface area contributed by atoms with Crippen LogP contribution in [0.2, 0.25) is 0 Å². The fourth-order valence-corrected chi connectivity index (χ4v) is 2.55. The number of hydrogen-bond donors (Lipinski definition) is 2. The van der Waals surface area contributed by atoms with Crippen LogP contribution in [-0.4, -0.2) is 10.9 Å². The first-order valence-electron chi connectivity index (χ1n) is 6.33. The highest BCUT2D eigenvalue weighted by molar-refractivity contribution is 7.80. The van der Waals surface area contributed by atoms with Gasteiger partial charge in [-0.2, -0.15) is 0 Å². The van der Waals surface area contributed by atoms with Gasteiger partial charge in [-0.25, -0.2) is 4.39 Å². The molecule has 1 aromatic rings. The highest BCUT2D eigenvalue weighted by Crippen LogP contribution is 2.38. The summed E-state index contributed by atoms with van der Waals surface area (Å²) in [6, 6.07) is 4.35. The molecule has 0 spiro atoms. The first-order valence-corrected chi connectivity index (χ1v) is 6.74. The number of rotatable bonds is 3. The van der Waals surface area contributed by atoms with E-state index in [1.165, 1.54) is 12.1 Å². The SMILES string of the molecule is CC1(C(=O)Nc2ccc(C(N)=S)cc2F)CCCC1. The average molecular weight is 280 g/mol. The summed E-state index contributed by atoms with van der Waals surface area (Å²) in [5, 5.41) is 2.66. The molecule has 1 saturated carbocycles. The van der Waals surface area contributed by atoms with Crippen molar-refractivity contribution in [3.05, 3.63) is 29.6 Å². The zero-order chi connectivity index (χ0) is 14.0. The van der Waals surface area contributed by atoms with Crippen molar-refractivity contribution in [3.63, 3.8) is 0 Å². The summed E-state index contributed by atoms with van der Waals surface area (Å²) in [5.74, 6) is -0.632. The molecule has 0 aliphatic heterocycles. The third kappa shape index (κ3) is 2.92. The quantitative estimate of drug-likeness (QED) is 0.837. The Balaban J connectivity index is 2.15. The van der Waals surface area contributed by atoms with Gasteiger partial charge in [-0.3, -0.25) is 4.79 Å². The van der Waals surface area contributed by atoms with Crippen molar-refractivity contribution < 1.29 is 9.18 Å². The highest BCUT2D eigenvalue weighted by Gasteiger charge is 2.36. The minimum atomic E-state index is -0.514. The summed E-state index contributed by atoms with van der Waals surface area (Å²) < 4.78 is 13.9. The monoisotopic (exact) mass is 280 g/mol. The van der Waals surface area contributed by atoms with Gasteiger partial charge in [0.2, 0.25) is 5.91 Å². The summed E-state index contributed by atoms with van der Waals surface area (Å²) in [5.41, 5.74) is 5.69. The fraction of sp³-hybridized carbons (Fsp3) is 0.429. The van der Waals surface area contributed by atoms with E-state index in [2.05, 4.69) is 5.32 Å². The zero-order valence-corrected chi connectivity index (χ0v) is 11.6. The minimum Gasteiger partial charge on any atom is -0.389 e. The first-order chi connectivity index (χ1) is 8.92. The molecule has 1 aromatic carbocycles. The Kier molecular flexibility index (Phi) is 3.85. The van der Waals surface area contributed by atoms with Gasteiger partial charge in [-0.05, 0) is 31.0 Å². The maximum absolute atomic E-state index is 13.9. The molecule has 0 aromatic heterocycles. The molecule has 3 N–H and O–H groups in total. The number of anilines is 1. The smallest absolute Gasteiger partial charge is 0.230 e. The number of carbonyl (C=O) groups is 1. The predicted molar refractivity (Wildman–Crippen MR) is 77.5 cm³/mol. The molecule has 0 unspecified atom stereocenters. The van der Waals surface area contributed by atoms with Gasteiger partial charge < -0.3 is 11.1 Å². The van der Waals surface area contributed by atoms with Crippen molar-refractivity contribution in [1.82, 2.24) is 0 Å². The van der Waals surface area contributed by atoms with Crippen molar-refractivity contribution in [2.24, 2.45) is 11.1 Å². The molecule has 0 bridgehead atoms. The van der Waals surface area contributed by atoms with Gasteiger partial charge in [0, 0.05) is 11.0 Å². The van der Waals surface area contributed by atoms with Crippen LogP contribution in [0.25, 0.3) is 0 Å². The fourth-order valence-electron chi connectivity index (χ4n) is 2.43. The Labute approximate surface area is 117 Å². The molecule has 5 heteroatoms. The number of halogens is 1. The number of hydrogen-bond acceptors (Lipinski definition) is 2. The number of carbonyl (C=O) groups excluding carboxylic acids is 1. The molecule has 1 amide bonds. The second-order valence-corrected chi connectivity index (χ2v) is 5.72. The number of amides is 1. The Morgan fingerprint density at radius 2 is 2.05 bits per heavy atom. The van der Waals surface area contributed by atoms with Crippen molar-refractivity contribution in [3.8, 4) is 0 Å². The molecule has 19 heavy (non-hydrogen) atoms. The molecule has 0 atom stereocenters. The Bertz CT molecular complexity index is 524. The van der Waals surface area contributed by atoms with E-state index >= 15 is 0 Å². The number of thiocarbonyl (C=S) groups is 1. The summed E-state index contributed by atoms with van der Waals surface area (Å²) in [7, 11) is 0. The van der Waals surface area contributed by atoms with Gasteiger partial charge in [-0.15, -0.1) is 0 Å². The molecule has 1 aliphatic carbocycles. The molecule has 1 aliphatic rings. The Morgan fingerprint density at radius 1 is 1.42 bits per heavy atom. The van der Waals surface area contributed by atoms with Gasteiger partial charge in [0.05, 0.1) is 5.69 Å². The Hall–Kier alpha value is -1.49. The van der Waals surface area contributed by atoms with Crippen LogP contribution < -0.4 is 11.1 Å². The first kappa shape index (κ1) is 13.9. The minimum absolute atomic E-state index is 0.119. The van der Waals surface area contributed by atoms with Crippen LogP contribution in [0.1, 0.15) is 38.2 Å². The van der Waals surface area contributed by atoms with Gasteiger partial charge >= 0.3 is 0 Å². The zero-order valence-electron chi connectivity index (χ0n) is 10.8. The van der Waals surface area contributed by atoms with Crippen LogP contribution in [0, 0.1) is 11.2 Å². The third-order valence-corrected chi connectivity index (χ3v) is 3.99. The van der Waals surface area contributed by atoms with E-state index in [0.29, 0.717) is 5.56 Å². The molecule has 1 fully saturated rings. The van der Waals surface area contributed by atoms with Crippen LogP contribution >= 0.6 is 12.2 Å². The summed E-state index contributed by atoms with van der Waals surface area (Å²) in [6.07, 6.45) is 3.80. The van der Waals surface area contributed by atoms with E-state index in [1.807, 2.05) is 6.92 Å². The van der Waals surface area contributed by atoms with E-state index in [1.54, 1.807) is 6.07 Å². The second-order valence-electron chi connectivity index (χ2n) is 5.28. The third-order valence-electron chi connectivity index (χ3n) is 3.76. The largest absolute Gasteiger partial charge is 0.389 e. The molecule has 0 saturated heterocycles. The lowest BCUT2D eigenvalue weighted by atomic mass is 9.88. The lowest BCUT2D eigenvalue weighted by Crippen LogP contribution is -2.31. The molecule has 3 nitrogen and oxygen atoms in total. The van der Waals surface area contributed by atoms with Crippen LogP contribution in [0.4, 0.5) is 10.1 Å². The highest BCUT2D eigenvalue weighted by atomic mass is 32.1. The summed E-state index contributed by atoms with van der Waals surface area (Å²) in [6.45, 7) is 1.93. The van der Waals surface area contributed by atoms with Gasteiger partial charge in [0.25, 0.3) is 0 Å². The lowest BCUT2D eigenvalue weighted by Gasteiger charge is -2.22. The number of nitrogens with one attached hydrogen (secondary N) is 1. The number of benzene rings is 1. The second kappa shape index (κ2) is 5.25. The van der Waals surface area contributed by atoms with E-state index < -0.39 is 5.82 Å². The van der Waals surface area contributed by atoms with E-state index in [-0.39, 0.29) is 22.0 Å².